The van der Waals surface area contributed by atoms with Crippen LogP contribution in [0.1, 0.15) is 26.2 Å². The number of sulfonamides is 1. The van der Waals surface area contributed by atoms with Crippen LogP contribution in [0.25, 0.3) is 0 Å². The lowest BCUT2D eigenvalue weighted by Crippen LogP contribution is -2.55. The van der Waals surface area contributed by atoms with E-state index in [1.165, 1.54) is 19.0 Å². The number of likely N-dealkylation sites (tertiary alicyclic amines) is 1. The first-order valence-corrected chi connectivity index (χ1v) is 9.45. The van der Waals surface area contributed by atoms with E-state index in [1.807, 2.05) is 6.92 Å². The van der Waals surface area contributed by atoms with Crippen molar-refractivity contribution in [2.24, 2.45) is 0 Å². The molecule has 0 amide bonds. The minimum absolute atomic E-state index is 0.0955. The van der Waals surface area contributed by atoms with Crippen molar-refractivity contribution in [2.45, 2.75) is 49.7 Å². The van der Waals surface area contributed by atoms with Gasteiger partial charge in [-0.3, -0.25) is 9.58 Å². The Labute approximate surface area is 131 Å². The summed E-state index contributed by atoms with van der Waals surface area (Å²) in [6.45, 7) is 5.84. The van der Waals surface area contributed by atoms with E-state index in [0.717, 1.165) is 13.1 Å². The van der Waals surface area contributed by atoms with Crippen LogP contribution >= 0.6 is 0 Å². The third-order valence-electron chi connectivity index (χ3n) is 4.49. The SMILES string of the molecule is CCn1cc(S(=O)(=O)NC2CCOCC2N2CCCC2)cn1. The molecule has 7 nitrogen and oxygen atoms in total. The molecule has 2 atom stereocenters. The smallest absolute Gasteiger partial charge is 0.243 e. The van der Waals surface area contributed by atoms with E-state index >= 15 is 0 Å². The number of ether oxygens (including phenoxy) is 1. The Bertz CT molecular complexity index is 595. The highest BCUT2D eigenvalue weighted by Gasteiger charge is 2.35. The molecule has 0 radical (unpaired) electrons. The molecule has 1 aromatic heterocycles. The maximum atomic E-state index is 12.6. The van der Waals surface area contributed by atoms with Gasteiger partial charge in [0.2, 0.25) is 10.0 Å². The molecule has 8 heteroatoms. The third-order valence-corrected chi connectivity index (χ3v) is 5.93. The summed E-state index contributed by atoms with van der Waals surface area (Å²) in [6.07, 6.45) is 6.06. The maximum absolute atomic E-state index is 12.6. The van der Waals surface area contributed by atoms with Crippen molar-refractivity contribution < 1.29 is 13.2 Å². The predicted molar refractivity (Wildman–Crippen MR) is 82.0 cm³/mol. The second kappa shape index (κ2) is 6.66. The molecule has 1 N–H and O–H groups in total. The van der Waals surface area contributed by atoms with Crippen LogP contribution < -0.4 is 4.72 Å². The van der Waals surface area contributed by atoms with Gasteiger partial charge in [0.1, 0.15) is 4.90 Å². The molecule has 2 unspecified atom stereocenters. The van der Waals surface area contributed by atoms with E-state index < -0.39 is 10.0 Å². The van der Waals surface area contributed by atoms with Crippen molar-refractivity contribution in [1.82, 2.24) is 19.4 Å². The summed E-state index contributed by atoms with van der Waals surface area (Å²) in [5, 5.41) is 4.05. The van der Waals surface area contributed by atoms with Crippen molar-refractivity contribution in [3.8, 4) is 0 Å². The van der Waals surface area contributed by atoms with Gasteiger partial charge in [-0.15, -0.1) is 0 Å². The lowest BCUT2D eigenvalue weighted by atomic mass is 10.0. The summed E-state index contributed by atoms with van der Waals surface area (Å²) in [7, 11) is -3.53. The zero-order chi connectivity index (χ0) is 15.6. The fourth-order valence-corrected chi connectivity index (χ4v) is 4.47. The number of nitrogens with one attached hydrogen (secondary N) is 1. The van der Waals surface area contributed by atoms with Gasteiger partial charge in [0.25, 0.3) is 0 Å². The lowest BCUT2D eigenvalue weighted by molar-refractivity contribution is 0.0106. The number of aryl methyl sites for hydroxylation is 1. The average molecular weight is 328 g/mol. The predicted octanol–water partition coefficient (Wildman–Crippen LogP) is 0.435. The van der Waals surface area contributed by atoms with Crippen LogP contribution in [0.15, 0.2) is 17.3 Å². The minimum Gasteiger partial charge on any atom is -0.380 e. The quantitative estimate of drug-likeness (QED) is 0.848. The highest BCUT2D eigenvalue weighted by molar-refractivity contribution is 7.89. The third kappa shape index (κ3) is 3.34. The zero-order valence-corrected chi connectivity index (χ0v) is 13.8. The Balaban J connectivity index is 1.73. The molecule has 124 valence electrons. The first-order chi connectivity index (χ1) is 10.6. The second-order valence-corrected chi connectivity index (χ2v) is 7.65. The summed E-state index contributed by atoms with van der Waals surface area (Å²) < 4.78 is 35.2. The fraction of sp³-hybridized carbons (Fsp3) is 0.786. The molecule has 2 aliphatic heterocycles. The monoisotopic (exact) mass is 328 g/mol. The summed E-state index contributed by atoms with van der Waals surface area (Å²) in [5.41, 5.74) is 0. The van der Waals surface area contributed by atoms with Crippen molar-refractivity contribution in [3.63, 3.8) is 0 Å². The number of nitrogens with zero attached hydrogens (tertiary/aromatic N) is 3. The molecule has 0 aliphatic carbocycles. The van der Waals surface area contributed by atoms with E-state index in [1.54, 1.807) is 10.9 Å². The summed E-state index contributed by atoms with van der Waals surface area (Å²) in [4.78, 5) is 2.59. The first kappa shape index (κ1) is 15.9. The Morgan fingerprint density at radius 2 is 2.18 bits per heavy atom. The number of hydrogen-bond acceptors (Lipinski definition) is 5. The minimum atomic E-state index is -3.53. The normalized spacial score (nSPS) is 27.3. The summed E-state index contributed by atoms with van der Waals surface area (Å²) in [6, 6.07) is 0.0362. The molecule has 2 saturated heterocycles. The maximum Gasteiger partial charge on any atom is 0.243 e. The molecule has 2 aliphatic rings. The van der Waals surface area contributed by atoms with Crippen LogP contribution in [0, 0.1) is 0 Å². The van der Waals surface area contributed by atoms with E-state index in [4.69, 9.17) is 4.74 Å². The van der Waals surface area contributed by atoms with Crippen molar-refractivity contribution in [2.75, 3.05) is 26.3 Å². The van der Waals surface area contributed by atoms with Crippen LogP contribution in [0.4, 0.5) is 0 Å². The van der Waals surface area contributed by atoms with E-state index in [-0.39, 0.29) is 17.0 Å². The van der Waals surface area contributed by atoms with E-state index in [0.29, 0.717) is 26.2 Å². The van der Waals surface area contributed by atoms with Crippen LogP contribution in [0.5, 0.6) is 0 Å². The second-order valence-electron chi connectivity index (χ2n) is 5.93. The Morgan fingerprint density at radius 3 is 2.86 bits per heavy atom. The highest BCUT2D eigenvalue weighted by Crippen LogP contribution is 2.21. The van der Waals surface area contributed by atoms with Crippen molar-refractivity contribution in [1.29, 1.82) is 0 Å². The fourth-order valence-electron chi connectivity index (χ4n) is 3.22. The lowest BCUT2D eigenvalue weighted by Gasteiger charge is -2.37. The molecule has 3 heterocycles. The Morgan fingerprint density at radius 1 is 1.41 bits per heavy atom. The van der Waals surface area contributed by atoms with Gasteiger partial charge < -0.3 is 4.74 Å². The highest BCUT2D eigenvalue weighted by atomic mass is 32.2. The summed E-state index contributed by atoms with van der Waals surface area (Å²) >= 11 is 0. The molecule has 1 aromatic rings. The van der Waals surface area contributed by atoms with Gasteiger partial charge in [-0.25, -0.2) is 13.1 Å². The largest absolute Gasteiger partial charge is 0.380 e. The van der Waals surface area contributed by atoms with Gasteiger partial charge >= 0.3 is 0 Å². The van der Waals surface area contributed by atoms with Gasteiger partial charge in [-0.05, 0) is 39.3 Å². The van der Waals surface area contributed by atoms with Crippen molar-refractivity contribution >= 4 is 10.0 Å². The van der Waals surface area contributed by atoms with Crippen LogP contribution in [0.2, 0.25) is 0 Å². The molecule has 2 fully saturated rings. The average Bonchev–Trinajstić information content (AvgIpc) is 3.19. The number of aromatic nitrogens is 2. The van der Waals surface area contributed by atoms with Gasteiger partial charge in [-0.1, -0.05) is 0 Å². The summed E-state index contributed by atoms with van der Waals surface area (Å²) in [5.74, 6) is 0. The molecule has 0 spiro atoms. The molecule has 0 saturated carbocycles. The molecular formula is C14H24N4O3S. The van der Waals surface area contributed by atoms with Crippen LogP contribution in [-0.4, -0.2) is 61.5 Å². The molecule has 22 heavy (non-hydrogen) atoms. The standard InChI is InChI=1S/C14H24N4O3S/c1-2-18-10-12(9-15-18)22(19,20)16-13-5-8-21-11-14(13)17-6-3-4-7-17/h9-10,13-14,16H,2-8,11H2,1H3. The Hall–Kier alpha value is -0.960. The van der Waals surface area contributed by atoms with Gasteiger partial charge in [-0.2, -0.15) is 5.10 Å². The first-order valence-electron chi connectivity index (χ1n) is 7.97. The molecular weight excluding hydrogens is 304 g/mol. The van der Waals surface area contributed by atoms with Crippen LogP contribution in [0.3, 0.4) is 0 Å². The number of rotatable bonds is 5. The molecule has 0 aromatic carbocycles. The van der Waals surface area contributed by atoms with Gasteiger partial charge in [0, 0.05) is 31.4 Å². The molecule has 3 rings (SSSR count). The van der Waals surface area contributed by atoms with Crippen LogP contribution in [-0.2, 0) is 21.3 Å². The molecule has 0 bridgehead atoms. The van der Waals surface area contributed by atoms with Gasteiger partial charge in [0.15, 0.2) is 0 Å². The van der Waals surface area contributed by atoms with E-state index in [2.05, 4.69) is 14.7 Å². The number of hydrogen-bond donors (Lipinski definition) is 1. The van der Waals surface area contributed by atoms with E-state index in [9.17, 15) is 8.42 Å². The topological polar surface area (TPSA) is 76.5 Å². The van der Waals surface area contributed by atoms with Gasteiger partial charge in [0.05, 0.1) is 12.8 Å². The zero-order valence-electron chi connectivity index (χ0n) is 12.9. The Kier molecular flexibility index (Phi) is 4.82. The van der Waals surface area contributed by atoms with Crippen molar-refractivity contribution in [3.05, 3.63) is 12.4 Å².